The molecule has 6 heteroatoms. The second-order valence-corrected chi connectivity index (χ2v) is 4.48. The fourth-order valence-corrected chi connectivity index (χ4v) is 1.80. The number of aromatic nitrogens is 1. The van der Waals surface area contributed by atoms with E-state index in [1.165, 1.54) is 0 Å². The molecule has 0 saturated carbocycles. The van der Waals surface area contributed by atoms with Gasteiger partial charge < -0.3 is 5.32 Å². The van der Waals surface area contributed by atoms with Gasteiger partial charge in [0.15, 0.2) is 0 Å². The number of halogens is 1. The van der Waals surface area contributed by atoms with Crippen molar-refractivity contribution in [2.24, 2.45) is 0 Å². The van der Waals surface area contributed by atoms with Gasteiger partial charge >= 0.3 is 0 Å². The Kier molecular flexibility index (Phi) is 4.68. The van der Waals surface area contributed by atoms with Gasteiger partial charge in [0.05, 0.1) is 10.6 Å². The number of nitrogens with zero attached hydrogens (tertiary/aromatic N) is 2. The summed E-state index contributed by atoms with van der Waals surface area (Å²) < 4.78 is 0. The van der Waals surface area contributed by atoms with Gasteiger partial charge in [0.25, 0.3) is 6.20 Å². The SMILES string of the molecule is O=[N+]([O-])C=C(Cc1ccc(Cl)nc1)Nc1ccccc1. The molecule has 1 aromatic heterocycles. The molecule has 0 saturated heterocycles. The fourth-order valence-electron chi connectivity index (χ4n) is 1.69. The number of rotatable bonds is 5. The van der Waals surface area contributed by atoms with Crippen LogP contribution in [0.5, 0.6) is 0 Å². The molecule has 0 amide bonds. The van der Waals surface area contributed by atoms with E-state index < -0.39 is 4.92 Å². The molecule has 0 fully saturated rings. The van der Waals surface area contributed by atoms with Crippen LogP contribution in [0.25, 0.3) is 0 Å². The highest BCUT2D eigenvalue weighted by molar-refractivity contribution is 6.29. The van der Waals surface area contributed by atoms with Crippen LogP contribution < -0.4 is 5.32 Å². The molecule has 0 aliphatic carbocycles. The third kappa shape index (κ3) is 4.37. The second kappa shape index (κ2) is 6.68. The van der Waals surface area contributed by atoms with Gasteiger partial charge in [-0.1, -0.05) is 35.9 Å². The lowest BCUT2D eigenvalue weighted by atomic mass is 10.1. The van der Waals surface area contributed by atoms with Crippen LogP contribution in [0, 0.1) is 10.1 Å². The van der Waals surface area contributed by atoms with Crippen LogP contribution in [0.4, 0.5) is 5.69 Å². The van der Waals surface area contributed by atoms with Crippen LogP contribution in [0.15, 0.2) is 60.6 Å². The Morgan fingerprint density at radius 2 is 2.05 bits per heavy atom. The third-order valence-electron chi connectivity index (χ3n) is 2.52. The van der Waals surface area contributed by atoms with Gasteiger partial charge in [-0.25, -0.2) is 4.98 Å². The van der Waals surface area contributed by atoms with Crippen molar-refractivity contribution >= 4 is 17.3 Å². The van der Waals surface area contributed by atoms with Gasteiger partial charge in [0, 0.05) is 18.3 Å². The monoisotopic (exact) mass is 289 g/mol. The highest BCUT2D eigenvalue weighted by atomic mass is 35.5. The quantitative estimate of drug-likeness (QED) is 0.519. The molecule has 102 valence electrons. The Morgan fingerprint density at radius 1 is 1.30 bits per heavy atom. The van der Waals surface area contributed by atoms with E-state index in [9.17, 15) is 10.1 Å². The summed E-state index contributed by atoms with van der Waals surface area (Å²) in [7, 11) is 0. The molecule has 0 aliphatic rings. The van der Waals surface area contributed by atoms with Crippen molar-refractivity contribution < 1.29 is 4.92 Å². The summed E-state index contributed by atoms with van der Waals surface area (Å²) in [6.07, 6.45) is 2.93. The van der Waals surface area contributed by atoms with Crippen molar-refractivity contribution in [3.8, 4) is 0 Å². The molecule has 0 atom stereocenters. The van der Waals surface area contributed by atoms with Crippen LogP contribution in [0.1, 0.15) is 5.56 Å². The molecule has 0 radical (unpaired) electrons. The molecule has 2 rings (SSSR count). The molecule has 5 nitrogen and oxygen atoms in total. The second-order valence-electron chi connectivity index (χ2n) is 4.10. The first-order chi connectivity index (χ1) is 9.63. The number of benzene rings is 1. The first-order valence-corrected chi connectivity index (χ1v) is 6.28. The zero-order chi connectivity index (χ0) is 14.4. The molecule has 20 heavy (non-hydrogen) atoms. The van der Waals surface area contributed by atoms with E-state index >= 15 is 0 Å². The number of nitro groups is 1. The molecular weight excluding hydrogens is 278 g/mol. The van der Waals surface area contributed by atoms with E-state index in [0.29, 0.717) is 17.3 Å². The highest BCUT2D eigenvalue weighted by Gasteiger charge is 2.06. The zero-order valence-electron chi connectivity index (χ0n) is 10.5. The average molecular weight is 290 g/mol. The topological polar surface area (TPSA) is 68.1 Å². The fraction of sp³-hybridized carbons (Fsp3) is 0.0714. The number of pyridine rings is 1. The molecule has 1 N–H and O–H groups in total. The van der Waals surface area contributed by atoms with Crippen molar-refractivity contribution in [2.45, 2.75) is 6.42 Å². The summed E-state index contributed by atoms with van der Waals surface area (Å²) in [5.74, 6) is 0. The van der Waals surface area contributed by atoms with Crippen LogP contribution in [0.3, 0.4) is 0 Å². The molecule has 0 spiro atoms. The largest absolute Gasteiger partial charge is 0.354 e. The maximum Gasteiger partial charge on any atom is 0.253 e. The van der Waals surface area contributed by atoms with Crippen molar-refractivity contribution in [1.82, 2.24) is 4.98 Å². The van der Waals surface area contributed by atoms with Gasteiger partial charge in [-0.15, -0.1) is 0 Å². The average Bonchev–Trinajstić information content (AvgIpc) is 2.42. The van der Waals surface area contributed by atoms with Gasteiger partial charge in [-0.3, -0.25) is 10.1 Å². The summed E-state index contributed by atoms with van der Waals surface area (Å²) in [6, 6.07) is 12.7. The molecule has 0 unspecified atom stereocenters. The minimum atomic E-state index is -0.478. The molecular formula is C14H12ClN3O2. The number of hydrogen-bond donors (Lipinski definition) is 1. The first kappa shape index (κ1) is 14.0. The zero-order valence-corrected chi connectivity index (χ0v) is 11.2. The molecule has 0 aliphatic heterocycles. The lowest BCUT2D eigenvalue weighted by Gasteiger charge is -2.08. The van der Waals surface area contributed by atoms with Crippen molar-refractivity contribution in [3.05, 3.63) is 81.4 Å². The van der Waals surface area contributed by atoms with E-state index in [4.69, 9.17) is 11.6 Å². The Hall–Kier alpha value is -2.40. The summed E-state index contributed by atoms with van der Waals surface area (Å²) >= 11 is 5.71. The normalized spacial score (nSPS) is 11.2. The minimum Gasteiger partial charge on any atom is -0.354 e. The summed E-state index contributed by atoms with van der Waals surface area (Å²) in [5.41, 5.74) is 2.11. The van der Waals surface area contributed by atoms with Crippen molar-refractivity contribution in [2.75, 3.05) is 5.32 Å². The standard InChI is InChI=1S/C14H12ClN3O2/c15-14-7-6-11(9-16-14)8-13(10-18(19)20)17-12-4-2-1-3-5-12/h1-7,9-10,17H,8H2. The summed E-state index contributed by atoms with van der Waals surface area (Å²) in [6.45, 7) is 0. The lowest BCUT2D eigenvalue weighted by Crippen LogP contribution is -2.06. The van der Waals surface area contributed by atoms with Gasteiger partial charge in [0.2, 0.25) is 0 Å². The van der Waals surface area contributed by atoms with Gasteiger partial charge in [-0.05, 0) is 23.8 Å². The van der Waals surface area contributed by atoms with Crippen LogP contribution in [-0.4, -0.2) is 9.91 Å². The molecule has 2 aromatic rings. The highest BCUT2D eigenvalue weighted by Crippen LogP contribution is 2.14. The minimum absolute atomic E-state index is 0.375. The smallest absolute Gasteiger partial charge is 0.253 e. The maximum atomic E-state index is 10.7. The number of anilines is 1. The number of para-hydroxylation sites is 1. The Labute approximate surface area is 121 Å². The predicted molar refractivity (Wildman–Crippen MR) is 78.1 cm³/mol. The van der Waals surface area contributed by atoms with Crippen LogP contribution in [-0.2, 0) is 6.42 Å². The molecule has 1 aromatic carbocycles. The summed E-state index contributed by atoms with van der Waals surface area (Å²) in [4.78, 5) is 14.2. The van der Waals surface area contributed by atoms with Crippen LogP contribution in [0.2, 0.25) is 5.15 Å². The van der Waals surface area contributed by atoms with Crippen LogP contribution >= 0.6 is 11.6 Å². The maximum absolute atomic E-state index is 10.7. The number of nitrogens with one attached hydrogen (secondary N) is 1. The summed E-state index contributed by atoms with van der Waals surface area (Å²) in [5, 5.41) is 14.1. The Balaban J connectivity index is 2.16. The lowest BCUT2D eigenvalue weighted by molar-refractivity contribution is -0.403. The van der Waals surface area contributed by atoms with E-state index in [2.05, 4.69) is 10.3 Å². The molecule has 0 bridgehead atoms. The van der Waals surface area contributed by atoms with E-state index in [1.54, 1.807) is 18.3 Å². The van der Waals surface area contributed by atoms with E-state index in [1.807, 2.05) is 30.3 Å². The Bertz CT molecular complexity index is 612. The number of allylic oxidation sites excluding steroid dienone is 1. The number of hydrogen-bond acceptors (Lipinski definition) is 4. The predicted octanol–water partition coefficient (Wildman–Crippen LogP) is 3.51. The van der Waals surface area contributed by atoms with E-state index in [-0.39, 0.29) is 0 Å². The van der Waals surface area contributed by atoms with Gasteiger partial charge in [0.1, 0.15) is 5.15 Å². The van der Waals surface area contributed by atoms with E-state index in [0.717, 1.165) is 17.5 Å². The van der Waals surface area contributed by atoms with Crippen molar-refractivity contribution in [1.29, 1.82) is 0 Å². The first-order valence-electron chi connectivity index (χ1n) is 5.90. The van der Waals surface area contributed by atoms with Gasteiger partial charge in [-0.2, -0.15) is 0 Å². The Morgan fingerprint density at radius 3 is 2.65 bits per heavy atom. The van der Waals surface area contributed by atoms with Crippen molar-refractivity contribution in [3.63, 3.8) is 0 Å². The third-order valence-corrected chi connectivity index (χ3v) is 2.75. The molecule has 1 heterocycles.